The van der Waals surface area contributed by atoms with Crippen LogP contribution in [0.2, 0.25) is 10.0 Å². The quantitative estimate of drug-likeness (QED) is 0.606. The van der Waals surface area contributed by atoms with Crippen LogP contribution in [0.5, 0.6) is 0 Å². The van der Waals surface area contributed by atoms with Crippen molar-refractivity contribution >= 4 is 23.2 Å². The predicted octanol–water partition coefficient (Wildman–Crippen LogP) is 3.54. The molecule has 1 nitrogen and oxygen atoms in total. The Hall–Kier alpha value is -0.680. The molecule has 1 N–H and O–H groups in total. The molecule has 3 heteroatoms. The van der Waals surface area contributed by atoms with Gasteiger partial charge in [0.15, 0.2) is 0 Å². The Morgan fingerprint density at radius 3 is 2.75 bits per heavy atom. The van der Waals surface area contributed by atoms with E-state index in [4.69, 9.17) is 29.6 Å². The molecule has 0 aromatic heterocycles. The van der Waals surface area contributed by atoms with Crippen LogP contribution in [0.25, 0.3) is 0 Å². The number of hydrogen-bond acceptors (Lipinski definition) is 1. The molecule has 0 aliphatic rings. The minimum Gasteiger partial charge on any atom is -0.316 e. The first kappa shape index (κ1) is 13.4. The lowest BCUT2D eigenvalue weighted by Crippen LogP contribution is -2.18. The molecular weight excluding hydrogens is 241 g/mol. The van der Waals surface area contributed by atoms with Gasteiger partial charge in [0.1, 0.15) is 0 Å². The third-order valence-electron chi connectivity index (χ3n) is 2.26. The highest BCUT2D eigenvalue weighted by Crippen LogP contribution is 2.20. The molecule has 1 aromatic rings. The van der Waals surface area contributed by atoms with Crippen molar-refractivity contribution in [2.24, 2.45) is 0 Å². The highest BCUT2D eigenvalue weighted by molar-refractivity contribution is 6.35. The molecule has 0 radical (unpaired) electrons. The first-order valence-electron chi connectivity index (χ1n) is 5.32. The summed E-state index contributed by atoms with van der Waals surface area (Å²) in [6.07, 6.45) is 7.92. The molecule has 0 saturated carbocycles. The van der Waals surface area contributed by atoms with Crippen molar-refractivity contribution in [3.8, 4) is 12.3 Å². The molecule has 16 heavy (non-hydrogen) atoms. The van der Waals surface area contributed by atoms with Crippen molar-refractivity contribution in [3.05, 3.63) is 33.8 Å². The van der Waals surface area contributed by atoms with E-state index in [2.05, 4.69) is 11.2 Å². The molecular formula is C13H15Cl2N. The Morgan fingerprint density at radius 2 is 2.06 bits per heavy atom. The van der Waals surface area contributed by atoms with Gasteiger partial charge in [0.05, 0.1) is 0 Å². The second-order valence-electron chi connectivity index (χ2n) is 3.54. The van der Waals surface area contributed by atoms with Crippen LogP contribution in [-0.2, 0) is 6.42 Å². The molecule has 0 bridgehead atoms. The lowest BCUT2D eigenvalue weighted by atomic mass is 10.1. The topological polar surface area (TPSA) is 12.0 Å². The summed E-state index contributed by atoms with van der Waals surface area (Å²) in [5.41, 5.74) is 1.12. The van der Waals surface area contributed by atoms with Gasteiger partial charge in [-0.05, 0) is 43.6 Å². The lowest BCUT2D eigenvalue weighted by Gasteiger charge is -2.06. The molecule has 0 aliphatic heterocycles. The van der Waals surface area contributed by atoms with E-state index in [1.165, 1.54) is 0 Å². The number of terminal acetylenes is 1. The van der Waals surface area contributed by atoms with Crippen molar-refractivity contribution < 1.29 is 0 Å². The second kappa shape index (κ2) is 7.57. The van der Waals surface area contributed by atoms with E-state index in [-0.39, 0.29) is 0 Å². The van der Waals surface area contributed by atoms with E-state index >= 15 is 0 Å². The summed E-state index contributed by atoms with van der Waals surface area (Å²) in [6.45, 7) is 1.86. The molecule has 86 valence electrons. The number of benzene rings is 1. The third-order valence-corrected chi connectivity index (χ3v) is 2.85. The predicted molar refractivity (Wildman–Crippen MR) is 71.1 cm³/mol. The highest BCUT2D eigenvalue weighted by atomic mass is 35.5. The van der Waals surface area contributed by atoms with Gasteiger partial charge in [0, 0.05) is 16.5 Å². The minimum absolute atomic E-state index is 0.677. The normalized spacial score (nSPS) is 10.1. The standard InChI is InChI=1S/C13H15Cl2N/c1-2-3-4-8-16-9-7-11-5-6-12(14)10-13(11)15/h1,5-6,10,16H,3-4,7-9H2. The first-order valence-corrected chi connectivity index (χ1v) is 6.07. The maximum atomic E-state index is 6.05. The summed E-state index contributed by atoms with van der Waals surface area (Å²) in [7, 11) is 0. The number of halogens is 2. The van der Waals surface area contributed by atoms with Gasteiger partial charge in [-0.1, -0.05) is 29.3 Å². The Morgan fingerprint density at radius 1 is 1.25 bits per heavy atom. The fraction of sp³-hybridized carbons (Fsp3) is 0.385. The fourth-order valence-electron chi connectivity index (χ4n) is 1.39. The smallest absolute Gasteiger partial charge is 0.0453 e. The number of hydrogen-bond donors (Lipinski definition) is 1. The summed E-state index contributed by atoms with van der Waals surface area (Å²) in [5, 5.41) is 4.73. The van der Waals surface area contributed by atoms with E-state index < -0.39 is 0 Å². The molecule has 0 heterocycles. The number of nitrogens with one attached hydrogen (secondary N) is 1. The first-order chi connectivity index (χ1) is 7.74. The average molecular weight is 256 g/mol. The monoisotopic (exact) mass is 255 g/mol. The Labute approximate surface area is 107 Å². The van der Waals surface area contributed by atoms with E-state index in [1.54, 1.807) is 6.07 Å². The van der Waals surface area contributed by atoms with Gasteiger partial charge in [-0.15, -0.1) is 12.3 Å². The summed E-state index contributed by atoms with van der Waals surface area (Å²) >= 11 is 11.9. The average Bonchev–Trinajstić information content (AvgIpc) is 2.26. The Balaban J connectivity index is 2.25. The molecule has 1 aromatic carbocycles. The summed E-state index contributed by atoms with van der Waals surface area (Å²) in [4.78, 5) is 0. The molecule has 0 fully saturated rings. The largest absolute Gasteiger partial charge is 0.316 e. The minimum atomic E-state index is 0.677. The molecule has 0 saturated heterocycles. The van der Waals surface area contributed by atoms with Gasteiger partial charge in [-0.2, -0.15) is 0 Å². The van der Waals surface area contributed by atoms with Gasteiger partial charge in [-0.25, -0.2) is 0 Å². The van der Waals surface area contributed by atoms with Crippen LogP contribution in [0.4, 0.5) is 0 Å². The van der Waals surface area contributed by atoms with Gasteiger partial charge in [0.2, 0.25) is 0 Å². The SMILES string of the molecule is C#CCCCNCCc1ccc(Cl)cc1Cl. The molecule has 0 spiro atoms. The zero-order chi connectivity index (χ0) is 11.8. The second-order valence-corrected chi connectivity index (χ2v) is 4.39. The van der Waals surface area contributed by atoms with Crippen LogP contribution < -0.4 is 5.32 Å². The number of unbranched alkanes of at least 4 members (excludes halogenated alkanes) is 1. The number of rotatable bonds is 6. The summed E-state index contributed by atoms with van der Waals surface area (Å²) in [6, 6.07) is 5.60. The van der Waals surface area contributed by atoms with Gasteiger partial charge >= 0.3 is 0 Å². The van der Waals surface area contributed by atoms with Crippen molar-refractivity contribution in [1.29, 1.82) is 0 Å². The van der Waals surface area contributed by atoms with Gasteiger partial charge < -0.3 is 5.32 Å². The maximum Gasteiger partial charge on any atom is 0.0453 e. The van der Waals surface area contributed by atoms with E-state index in [0.717, 1.165) is 42.9 Å². The Kier molecular flexibility index (Phi) is 6.33. The maximum absolute atomic E-state index is 6.05. The van der Waals surface area contributed by atoms with Crippen LogP contribution >= 0.6 is 23.2 Å². The third kappa shape index (κ3) is 4.90. The van der Waals surface area contributed by atoms with Crippen LogP contribution in [0.1, 0.15) is 18.4 Å². The van der Waals surface area contributed by atoms with E-state index in [1.807, 2.05) is 12.1 Å². The van der Waals surface area contributed by atoms with Gasteiger partial charge in [0.25, 0.3) is 0 Å². The van der Waals surface area contributed by atoms with Crippen LogP contribution in [0.3, 0.4) is 0 Å². The van der Waals surface area contributed by atoms with Crippen LogP contribution in [-0.4, -0.2) is 13.1 Å². The molecule has 0 unspecified atom stereocenters. The molecule has 0 atom stereocenters. The zero-order valence-corrected chi connectivity index (χ0v) is 10.6. The summed E-state index contributed by atoms with van der Waals surface area (Å²) < 4.78 is 0. The highest BCUT2D eigenvalue weighted by Gasteiger charge is 2.00. The molecule has 1 rings (SSSR count). The van der Waals surface area contributed by atoms with Gasteiger partial charge in [-0.3, -0.25) is 0 Å². The molecule has 0 aliphatic carbocycles. The molecule has 0 amide bonds. The Bertz CT molecular complexity index is 369. The van der Waals surface area contributed by atoms with Crippen LogP contribution in [0.15, 0.2) is 18.2 Å². The van der Waals surface area contributed by atoms with Crippen molar-refractivity contribution in [1.82, 2.24) is 5.32 Å². The van der Waals surface area contributed by atoms with E-state index in [9.17, 15) is 0 Å². The van der Waals surface area contributed by atoms with Crippen molar-refractivity contribution in [3.63, 3.8) is 0 Å². The van der Waals surface area contributed by atoms with Crippen LogP contribution in [0, 0.1) is 12.3 Å². The lowest BCUT2D eigenvalue weighted by molar-refractivity contribution is 0.656. The van der Waals surface area contributed by atoms with Crippen molar-refractivity contribution in [2.75, 3.05) is 13.1 Å². The van der Waals surface area contributed by atoms with Crippen molar-refractivity contribution in [2.45, 2.75) is 19.3 Å². The zero-order valence-electron chi connectivity index (χ0n) is 9.10. The fourth-order valence-corrected chi connectivity index (χ4v) is 1.89. The summed E-state index contributed by atoms with van der Waals surface area (Å²) in [5.74, 6) is 2.62. The van der Waals surface area contributed by atoms with E-state index in [0.29, 0.717) is 5.02 Å².